The van der Waals surface area contributed by atoms with Crippen LogP contribution in [0.5, 0.6) is 0 Å². The third kappa shape index (κ3) is 3.27. The highest BCUT2D eigenvalue weighted by Gasteiger charge is 2.07. The Kier molecular flexibility index (Phi) is 3.76. The molecule has 1 N–H and O–H groups in total. The van der Waals surface area contributed by atoms with Gasteiger partial charge in [0.05, 0.1) is 0 Å². The Bertz CT molecular complexity index is 147. The molecular weight excluding hydrogens is 129 g/mol. The van der Waals surface area contributed by atoms with Crippen molar-refractivity contribution in [2.75, 3.05) is 0 Å². The third-order valence-corrected chi connectivity index (χ3v) is 1.08. The molecular formula is C6H10BNO2. The Hall–Kier alpha value is -0.795. The van der Waals surface area contributed by atoms with Crippen LogP contribution in [0.1, 0.15) is 20.3 Å². The van der Waals surface area contributed by atoms with Crippen molar-refractivity contribution in [1.29, 1.82) is 0 Å². The van der Waals surface area contributed by atoms with Gasteiger partial charge in [-0.1, -0.05) is 6.92 Å². The summed E-state index contributed by atoms with van der Waals surface area (Å²) in [6.45, 7) is 3.03. The Morgan fingerprint density at radius 1 is 1.60 bits per heavy atom. The van der Waals surface area contributed by atoms with Crippen molar-refractivity contribution in [1.82, 2.24) is 5.32 Å². The summed E-state index contributed by atoms with van der Waals surface area (Å²) in [5.74, 6) is -1.28. The molecule has 0 fully saturated rings. The molecule has 0 heterocycles. The van der Waals surface area contributed by atoms with Gasteiger partial charge in [0.25, 0.3) is 0 Å². The molecule has 0 aliphatic rings. The van der Waals surface area contributed by atoms with E-state index in [-0.39, 0.29) is 11.7 Å². The number of carbonyl (C=O) groups excluding carboxylic acids is 2. The van der Waals surface area contributed by atoms with Gasteiger partial charge in [-0.3, -0.25) is 9.59 Å². The monoisotopic (exact) mass is 139 g/mol. The largest absolute Gasteiger partial charge is 0.355 e. The van der Waals surface area contributed by atoms with Gasteiger partial charge in [0.1, 0.15) is 13.6 Å². The van der Waals surface area contributed by atoms with E-state index in [1.165, 1.54) is 6.92 Å². The molecule has 0 rings (SSSR count). The lowest BCUT2D eigenvalue weighted by atomic mass is 9.93. The van der Waals surface area contributed by atoms with Gasteiger partial charge in [-0.25, -0.2) is 0 Å². The minimum Gasteiger partial charge on any atom is -0.355 e. The molecule has 0 aromatic rings. The lowest BCUT2D eigenvalue weighted by molar-refractivity contribution is -0.125. The van der Waals surface area contributed by atoms with Crippen molar-refractivity contribution in [3.8, 4) is 0 Å². The van der Waals surface area contributed by atoms with Crippen LogP contribution in [-0.2, 0) is 9.59 Å². The minimum atomic E-state index is -0.840. The first kappa shape index (κ1) is 9.20. The fourth-order valence-electron chi connectivity index (χ4n) is 0.377. The molecule has 3 nitrogen and oxygen atoms in total. The molecule has 0 spiro atoms. The number of Topliss-reactive ketones (excluding diaryl/α,β-unsaturated/α-hetero) is 1. The summed E-state index contributed by atoms with van der Waals surface area (Å²) >= 11 is 0. The predicted molar refractivity (Wildman–Crippen MR) is 38.7 cm³/mol. The molecule has 0 saturated carbocycles. The molecule has 10 heavy (non-hydrogen) atoms. The third-order valence-electron chi connectivity index (χ3n) is 1.08. The molecule has 1 atom stereocenters. The van der Waals surface area contributed by atoms with Crippen LogP contribution >= 0.6 is 0 Å². The lowest BCUT2D eigenvalue weighted by Gasteiger charge is -2.08. The van der Waals surface area contributed by atoms with Crippen molar-refractivity contribution < 1.29 is 9.59 Å². The van der Waals surface area contributed by atoms with Crippen molar-refractivity contribution in [2.24, 2.45) is 0 Å². The van der Waals surface area contributed by atoms with Gasteiger partial charge in [-0.15, -0.1) is 0 Å². The van der Waals surface area contributed by atoms with Gasteiger partial charge in [0.2, 0.25) is 5.91 Å². The summed E-state index contributed by atoms with van der Waals surface area (Å²) in [6, 6.07) is 0. The second-order valence-corrected chi connectivity index (χ2v) is 2.01. The minimum absolute atomic E-state index is 0.206. The first-order chi connectivity index (χ1) is 4.57. The topological polar surface area (TPSA) is 46.2 Å². The molecule has 0 aliphatic carbocycles. The maximum Gasteiger partial charge on any atom is 0.219 e. The number of nitrogens with one attached hydrogen (secondary N) is 1. The van der Waals surface area contributed by atoms with E-state index in [2.05, 4.69) is 5.32 Å². The maximum atomic E-state index is 10.6. The molecule has 0 bridgehead atoms. The molecule has 54 valence electrons. The van der Waals surface area contributed by atoms with Gasteiger partial charge < -0.3 is 5.32 Å². The van der Waals surface area contributed by atoms with E-state index in [4.69, 9.17) is 7.85 Å². The fourth-order valence-corrected chi connectivity index (χ4v) is 0.377. The number of hydrogen-bond acceptors (Lipinski definition) is 2. The Morgan fingerprint density at radius 3 is 2.40 bits per heavy atom. The molecule has 1 amide bonds. The molecule has 0 aromatic heterocycles. The standard InChI is InChI=1S/C6H10BNO2/c1-3-5(10)8-6(7)4(2)9/h6H,3H2,1-2H3,(H,8,10)/t6-/m1/s1. The van der Waals surface area contributed by atoms with E-state index in [9.17, 15) is 9.59 Å². The first-order valence-corrected chi connectivity index (χ1v) is 3.13. The van der Waals surface area contributed by atoms with Gasteiger partial charge >= 0.3 is 0 Å². The van der Waals surface area contributed by atoms with E-state index in [0.29, 0.717) is 6.42 Å². The van der Waals surface area contributed by atoms with Crippen LogP contribution in [0.25, 0.3) is 0 Å². The SMILES string of the molecule is [B][C@H](NC(=O)CC)C(C)=O. The van der Waals surface area contributed by atoms with Crippen molar-refractivity contribution >= 4 is 19.5 Å². The summed E-state index contributed by atoms with van der Waals surface area (Å²) in [5, 5.41) is 2.32. The number of rotatable bonds is 3. The zero-order chi connectivity index (χ0) is 8.15. The van der Waals surface area contributed by atoms with Crippen LogP contribution in [0.2, 0.25) is 0 Å². The molecule has 0 saturated heterocycles. The highest BCUT2D eigenvalue weighted by molar-refractivity contribution is 6.25. The molecule has 0 aliphatic heterocycles. The Morgan fingerprint density at radius 2 is 2.10 bits per heavy atom. The number of ketones is 1. The second kappa shape index (κ2) is 4.09. The van der Waals surface area contributed by atoms with E-state index in [1.807, 2.05) is 0 Å². The van der Waals surface area contributed by atoms with Crippen LogP contribution in [-0.4, -0.2) is 25.5 Å². The average Bonchev–Trinajstić information content (AvgIpc) is 1.87. The summed E-state index contributed by atoms with van der Waals surface area (Å²) in [5.41, 5.74) is 0. The van der Waals surface area contributed by atoms with Crippen LogP contribution in [0, 0.1) is 0 Å². The summed E-state index contributed by atoms with van der Waals surface area (Å²) in [6.07, 6.45) is 0.348. The van der Waals surface area contributed by atoms with E-state index in [0.717, 1.165) is 0 Å². The van der Waals surface area contributed by atoms with E-state index in [1.54, 1.807) is 6.92 Å². The first-order valence-electron chi connectivity index (χ1n) is 3.13. The molecule has 4 heteroatoms. The highest BCUT2D eigenvalue weighted by Crippen LogP contribution is 1.81. The maximum absolute atomic E-state index is 10.6. The van der Waals surface area contributed by atoms with Crippen molar-refractivity contribution in [3.05, 3.63) is 0 Å². The summed E-state index contributed by atoms with van der Waals surface area (Å²) < 4.78 is 0. The van der Waals surface area contributed by atoms with Gasteiger partial charge in [-0.2, -0.15) is 0 Å². The molecule has 0 unspecified atom stereocenters. The highest BCUT2D eigenvalue weighted by atomic mass is 16.2. The summed E-state index contributed by atoms with van der Waals surface area (Å²) in [4.78, 5) is 21.0. The van der Waals surface area contributed by atoms with Crippen LogP contribution < -0.4 is 5.32 Å². The Balaban J connectivity index is 3.68. The predicted octanol–water partition coefficient (Wildman–Crippen LogP) is -0.404. The summed E-state index contributed by atoms with van der Waals surface area (Å²) in [7, 11) is 5.21. The number of amides is 1. The second-order valence-electron chi connectivity index (χ2n) is 2.01. The fraction of sp³-hybridized carbons (Fsp3) is 0.667. The van der Waals surface area contributed by atoms with E-state index >= 15 is 0 Å². The molecule has 2 radical (unpaired) electrons. The lowest BCUT2D eigenvalue weighted by Crippen LogP contribution is -2.39. The number of carbonyl (C=O) groups is 2. The zero-order valence-electron chi connectivity index (χ0n) is 6.18. The Labute approximate surface area is 61.6 Å². The average molecular weight is 139 g/mol. The quantitative estimate of drug-likeness (QED) is 0.540. The van der Waals surface area contributed by atoms with Crippen LogP contribution in [0.3, 0.4) is 0 Å². The zero-order valence-corrected chi connectivity index (χ0v) is 6.18. The van der Waals surface area contributed by atoms with Gasteiger partial charge in [0.15, 0.2) is 0 Å². The van der Waals surface area contributed by atoms with Crippen molar-refractivity contribution in [3.63, 3.8) is 0 Å². The smallest absolute Gasteiger partial charge is 0.219 e. The number of hydrogen-bond donors (Lipinski definition) is 1. The van der Waals surface area contributed by atoms with Crippen LogP contribution in [0.15, 0.2) is 0 Å². The van der Waals surface area contributed by atoms with E-state index < -0.39 is 5.94 Å². The molecule has 0 aromatic carbocycles. The normalized spacial score (nSPS) is 12.2. The van der Waals surface area contributed by atoms with Gasteiger partial charge in [0, 0.05) is 12.4 Å². The van der Waals surface area contributed by atoms with Crippen LogP contribution in [0.4, 0.5) is 0 Å². The van der Waals surface area contributed by atoms with Crippen molar-refractivity contribution in [2.45, 2.75) is 26.2 Å². The van der Waals surface area contributed by atoms with Gasteiger partial charge in [-0.05, 0) is 6.92 Å².